The lowest BCUT2D eigenvalue weighted by molar-refractivity contribution is -0.114. The second-order valence-corrected chi connectivity index (χ2v) is 5.08. The average molecular weight is 226 g/mol. The standard InChI is InChI=1S/C16H18O/c1-11(2)10-13-5-7-14(8-6-13)16-12(3)4-9-15(16)17/h4-9,11,16H,3,10H2,1-2H3. The van der Waals surface area contributed by atoms with E-state index in [-0.39, 0.29) is 11.7 Å². The van der Waals surface area contributed by atoms with E-state index >= 15 is 0 Å². The molecule has 0 spiro atoms. The number of hydrogen-bond acceptors (Lipinski definition) is 1. The summed E-state index contributed by atoms with van der Waals surface area (Å²) in [4.78, 5) is 11.7. The normalized spacial score (nSPS) is 19.4. The van der Waals surface area contributed by atoms with Crippen LogP contribution in [0.4, 0.5) is 0 Å². The molecule has 2 rings (SSSR count). The molecule has 0 saturated carbocycles. The van der Waals surface area contributed by atoms with E-state index in [1.165, 1.54) is 5.56 Å². The van der Waals surface area contributed by atoms with E-state index in [2.05, 4.69) is 44.7 Å². The third-order valence-electron chi connectivity index (χ3n) is 3.07. The van der Waals surface area contributed by atoms with Crippen molar-refractivity contribution in [3.05, 3.63) is 59.7 Å². The molecule has 88 valence electrons. The van der Waals surface area contributed by atoms with Crippen LogP contribution in [0.1, 0.15) is 30.9 Å². The summed E-state index contributed by atoms with van der Waals surface area (Å²) in [7, 11) is 0. The molecule has 0 saturated heterocycles. The van der Waals surface area contributed by atoms with Crippen LogP contribution < -0.4 is 0 Å². The molecule has 0 amide bonds. The molecule has 0 bridgehead atoms. The van der Waals surface area contributed by atoms with Crippen molar-refractivity contribution in [3.63, 3.8) is 0 Å². The van der Waals surface area contributed by atoms with Crippen LogP contribution in [0, 0.1) is 5.92 Å². The van der Waals surface area contributed by atoms with Crippen molar-refractivity contribution in [2.75, 3.05) is 0 Å². The maximum absolute atomic E-state index is 11.7. The Morgan fingerprint density at radius 2 is 1.82 bits per heavy atom. The minimum atomic E-state index is -0.150. The van der Waals surface area contributed by atoms with E-state index in [1.54, 1.807) is 6.08 Å². The van der Waals surface area contributed by atoms with E-state index in [0.29, 0.717) is 5.92 Å². The topological polar surface area (TPSA) is 17.1 Å². The van der Waals surface area contributed by atoms with Crippen LogP contribution in [0.2, 0.25) is 0 Å². The number of rotatable bonds is 3. The Morgan fingerprint density at radius 1 is 1.18 bits per heavy atom. The molecule has 17 heavy (non-hydrogen) atoms. The van der Waals surface area contributed by atoms with Crippen LogP contribution in [-0.2, 0) is 11.2 Å². The minimum Gasteiger partial charge on any atom is -0.294 e. The van der Waals surface area contributed by atoms with E-state index in [1.807, 2.05) is 6.08 Å². The van der Waals surface area contributed by atoms with Gasteiger partial charge in [0.1, 0.15) is 0 Å². The van der Waals surface area contributed by atoms with Crippen molar-refractivity contribution >= 4 is 5.78 Å². The van der Waals surface area contributed by atoms with Gasteiger partial charge in [0.05, 0.1) is 5.92 Å². The fourth-order valence-electron chi connectivity index (χ4n) is 2.26. The smallest absolute Gasteiger partial charge is 0.167 e. The SMILES string of the molecule is C=C1C=CC(=O)C1c1ccc(CC(C)C)cc1. The van der Waals surface area contributed by atoms with Gasteiger partial charge in [-0.15, -0.1) is 0 Å². The summed E-state index contributed by atoms with van der Waals surface area (Å²) in [5, 5.41) is 0. The van der Waals surface area contributed by atoms with Crippen LogP contribution in [0.15, 0.2) is 48.6 Å². The highest BCUT2D eigenvalue weighted by Gasteiger charge is 2.24. The quantitative estimate of drug-likeness (QED) is 0.768. The van der Waals surface area contributed by atoms with Crippen molar-refractivity contribution in [2.45, 2.75) is 26.2 Å². The lowest BCUT2D eigenvalue weighted by atomic mass is 9.91. The molecule has 1 atom stereocenters. The van der Waals surface area contributed by atoms with Gasteiger partial charge in [0.2, 0.25) is 0 Å². The molecule has 1 aromatic rings. The number of benzene rings is 1. The molecule has 0 N–H and O–H groups in total. The zero-order valence-corrected chi connectivity index (χ0v) is 10.4. The van der Waals surface area contributed by atoms with Crippen molar-refractivity contribution in [2.24, 2.45) is 5.92 Å². The highest BCUT2D eigenvalue weighted by Crippen LogP contribution is 2.30. The Kier molecular flexibility index (Phi) is 3.28. The Labute approximate surface area is 103 Å². The third kappa shape index (κ3) is 2.55. The predicted molar refractivity (Wildman–Crippen MR) is 71.0 cm³/mol. The maximum Gasteiger partial charge on any atom is 0.167 e. The number of carbonyl (C=O) groups is 1. The molecule has 1 heteroatoms. The van der Waals surface area contributed by atoms with Crippen molar-refractivity contribution in [1.82, 2.24) is 0 Å². The van der Waals surface area contributed by atoms with Crippen LogP contribution in [-0.4, -0.2) is 5.78 Å². The highest BCUT2D eigenvalue weighted by atomic mass is 16.1. The van der Waals surface area contributed by atoms with E-state index < -0.39 is 0 Å². The lowest BCUT2D eigenvalue weighted by Gasteiger charge is -2.12. The van der Waals surface area contributed by atoms with Gasteiger partial charge in [0.15, 0.2) is 5.78 Å². The number of hydrogen-bond donors (Lipinski definition) is 0. The van der Waals surface area contributed by atoms with Gasteiger partial charge in [-0.05, 0) is 35.1 Å². The van der Waals surface area contributed by atoms with Gasteiger partial charge in [-0.3, -0.25) is 4.79 Å². The first-order chi connectivity index (χ1) is 8.08. The molecule has 0 radical (unpaired) electrons. The molecule has 1 unspecified atom stereocenters. The summed E-state index contributed by atoms with van der Waals surface area (Å²) in [6.07, 6.45) is 4.52. The first kappa shape index (κ1) is 11.8. The lowest BCUT2D eigenvalue weighted by Crippen LogP contribution is -2.06. The van der Waals surface area contributed by atoms with Crippen LogP contribution in [0.3, 0.4) is 0 Å². The van der Waals surface area contributed by atoms with Crippen LogP contribution in [0.25, 0.3) is 0 Å². The fourth-order valence-corrected chi connectivity index (χ4v) is 2.26. The summed E-state index contributed by atoms with van der Waals surface area (Å²) in [6, 6.07) is 8.35. The Balaban J connectivity index is 2.18. The number of carbonyl (C=O) groups excluding carboxylic acids is 1. The van der Waals surface area contributed by atoms with Crippen molar-refractivity contribution < 1.29 is 4.79 Å². The van der Waals surface area contributed by atoms with E-state index in [4.69, 9.17) is 0 Å². The summed E-state index contributed by atoms with van der Waals surface area (Å²) < 4.78 is 0. The first-order valence-electron chi connectivity index (χ1n) is 6.07. The van der Waals surface area contributed by atoms with Gasteiger partial charge < -0.3 is 0 Å². The molecule has 0 aromatic heterocycles. The van der Waals surface area contributed by atoms with Crippen molar-refractivity contribution in [3.8, 4) is 0 Å². The zero-order valence-electron chi connectivity index (χ0n) is 10.4. The Bertz CT molecular complexity index is 445. The summed E-state index contributed by atoms with van der Waals surface area (Å²) >= 11 is 0. The van der Waals surface area contributed by atoms with Crippen molar-refractivity contribution in [1.29, 1.82) is 0 Å². The first-order valence-corrected chi connectivity index (χ1v) is 6.07. The monoisotopic (exact) mass is 226 g/mol. The molecule has 1 aromatic carbocycles. The predicted octanol–water partition coefficient (Wildman–Crippen LogP) is 3.66. The molecule has 1 nitrogen and oxygen atoms in total. The molecule has 0 fully saturated rings. The third-order valence-corrected chi connectivity index (χ3v) is 3.07. The van der Waals surface area contributed by atoms with Gasteiger partial charge in [-0.25, -0.2) is 0 Å². The summed E-state index contributed by atoms with van der Waals surface area (Å²) in [5.74, 6) is 0.653. The van der Waals surface area contributed by atoms with Gasteiger partial charge in [-0.2, -0.15) is 0 Å². The molecule has 1 aliphatic rings. The van der Waals surface area contributed by atoms with Crippen LogP contribution >= 0.6 is 0 Å². The molecular weight excluding hydrogens is 208 g/mol. The largest absolute Gasteiger partial charge is 0.294 e. The Hall–Kier alpha value is -1.63. The number of allylic oxidation sites excluding steroid dienone is 3. The fraction of sp³-hybridized carbons (Fsp3) is 0.312. The second kappa shape index (κ2) is 4.70. The molecule has 0 aliphatic heterocycles. The van der Waals surface area contributed by atoms with Gasteiger partial charge >= 0.3 is 0 Å². The zero-order chi connectivity index (χ0) is 12.4. The number of ketones is 1. The second-order valence-electron chi connectivity index (χ2n) is 5.08. The van der Waals surface area contributed by atoms with Gasteiger partial charge in [0.25, 0.3) is 0 Å². The Morgan fingerprint density at radius 3 is 2.29 bits per heavy atom. The summed E-state index contributed by atoms with van der Waals surface area (Å²) in [6.45, 7) is 8.34. The van der Waals surface area contributed by atoms with Crippen LogP contribution in [0.5, 0.6) is 0 Å². The highest BCUT2D eigenvalue weighted by molar-refractivity contribution is 6.01. The van der Waals surface area contributed by atoms with E-state index in [0.717, 1.165) is 17.6 Å². The van der Waals surface area contributed by atoms with E-state index in [9.17, 15) is 4.79 Å². The van der Waals surface area contributed by atoms with Gasteiger partial charge in [-0.1, -0.05) is 50.8 Å². The average Bonchev–Trinajstić information content (AvgIpc) is 2.59. The maximum atomic E-state index is 11.7. The molecule has 1 aliphatic carbocycles. The van der Waals surface area contributed by atoms with Gasteiger partial charge in [0, 0.05) is 0 Å². The minimum absolute atomic E-state index is 0.145. The molecule has 0 heterocycles. The summed E-state index contributed by atoms with van der Waals surface area (Å²) in [5.41, 5.74) is 3.27. The molecular formula is C16H18O.